The van der Waals surface area contributed by atoms with Crippen molar-refractivity contribution < 1.29 is 4.79 Å². The lowest BCUT2D eigenvalue weighted by molar-refractivity contribution is -0.142. The van der Waals surface area contributed by atoms with Crippen LogP contribution < -0.4 is 0 Å². The molecule has 0 saturated carbocycles. The molecule has 3 fully saturated rings. The van der Waals surface area contributed by atoms with E-state index in [4.69, 9.17) is 0 Å². The molecule has 4 heterocycles. The molecule has 1 atom stereocenters. The highest BCUT2D eigenvalue weighted by atomic mass is 16.2. The number of nitrogens with zero attached hydrogens (tertiary/aromatic N) is 5. The second-order valence-electron chi connectivity index (χ2n) is 8.38. The highest BCUT2D eigenvalue weighted by Gasteiger charge is 2.49. The third kappa shape index (κ3) is 3.22. The lowest BCUT2D eigenvalue weighted by Crippen LogP contribution is -2.56. The van der Waals surface area contributed by atoms with E-state index in [0.717, 1.165) is 39.0 Å². The molecule has 1 spiro atoms. The molecule has 0 aliphatic carbocycles. The summed E-state index contributed by atoms with van der Waals surface area (Å²) in [4.78, 5) is 20.1. The Morgan fingerprint density at radius 1 is 1.28 bits per heavy atom. The predicted molar refractivity (Wildman–Crippen MR) is 97.3 cm³/mol. The Hall–Kier alpha value is -1.40. The van der Waals surface area contributed by atoms with Gasteiger partial charge in [0.05, 0.1) is 12.1 Å². The highest BCUT2D eigenvalue weighted by Crippen LogP contribution is 2.44. The number of piperidine rings is 1. The summed E-state index contributed by atoms with van der Waals surface area (Å²) in [6.07, 6.45) is 8.47. The quantitative estimate of drug-likeness (QED) is 0.829. The molecule has 138 valence electrons. The third-order valence-corrected chi connectivity index (χ3v) is 6.52. The summed E-state index contributed by atoms with van der Waals surface area (Å²) in [5.41, 5.74) is 0.369. The number of hydrogen-bond donors (Lipinski definition) is 0. The summed E-state index contributed by atoms with van der Waals surface area (Å²) in [6.45, 7) is 8.35. The van der Waals surface area contributed by atoms with Gasteiger partial charge < -0.3 is 9.80 Å². The molecule has 0 N–H and O–H groups in total. The molecule has 3 aliphatic rings. The normalized spacial score (nSPS) is 27.8. The number of likely N-dealkylation sites (tertiary alicyclic amines) is 3. The smallest absolute Gasteiger partial charge is 0.240 e. The fraction of sp³-hybridized carbons (Fsp3) is 0.789. The molecule has 0 radical (unpaired) electrons. The summed E-state index contributed by atoms with van der Waals surface area (Å²) in [5.74, 6) is 0.354. The maximum Gasteiger partial charge on any atom is 0.240 e. The number of aromatic nitrogens is 2. The first-order chi connectivity index (χ1) is 12.1. The van der Waals surface area contributed by atoms with Gasteiger partial charge in [0, 0.05) is 32.0 Å². The van der Waals surface area contributed by atoms with Crippen LogP contribution in [0.2, 0.25) is 0 Å². The standard InChI is InChI=1S/C19H31N5O/c1-3-8-22-15-19(5-10-21(2)11-6-19)12-17(22)18(25)23-13-16(14-23)24-9-4-7-20-24/h4,7,9,16-17H,3,5-6,8,10-15H2,1-2H3/t17-/m1/s1. The summed E-state index contributed by atoms with van der Waals surface area (Å²) in [7, 11) is 2.21. The predicted octanol–water partition coefficient (Wildman–Crippen LogP) is 1.46. The van der Waals surface area contributed by atoms with Crippen molar-refractivity contribution in [1.29, 1.82) is 0 Å². The Labute approximate surface area is 150 Å². The number of carbonyl (C=O) groups is 1. The minimum atomic E-state index is 0.0990. The molecule has 3 aliphatic heterocycles. The van der Waals surface area contributed by atoms with Crippen LogP contribution in [-0.4, -0.2) is 82.7 Å². The number of amides is 1. The molecule has 25 heavy (non-hydrogen) atoms. The van der Waals surface area contributed by atoms with Crippen LogP contribution in [0.5, 0.6) is 0 Å². The van der Waals surface area contributed by atoms with Crippen LogP contribution in [0.15, 0.2) is 18.5 Å². The van der Waals surface area contributed by atoms with Crippen LogP contribution in [0.3, 0.4) is 0 Å². The molecule has 6 nitrogen and oxygen atoms in total. The van der Waals surface area contributed by atoms with Crippen molar-refractivity contribution in [3.05, 3.63) is 18.5 Å². The molecule has 4 rings (SSSR count). The van der Waals surface area contributed by atoms with Gasteiger partial charge in [-0.1, -0.05) is 6.92 Å². The first kappa shape index (κ1) is 17.0. The zero-order valence-corrected chi connectivity index (χ0v) is 15.6. The van der Waals surface area contributed by atoms with Gasteiger partial charge in [-0.15, -0.1) is 0 Å². The van der Waals surface area contributed by atoms with Gasteiger partial charge in [-0.05, 0) is 63.8 Å². The first-order valence-corrected chi connectivity index (χ1v) is 9.81. The minimum absolute atomic E-state index is 0.0990. The molecule has 0 unspecified atom stereocenters. The van der Waals surface area contributed by atoms with E-state index in [1.807, 2.05) is 28.0 Å². The third-order valence-electron chi connectivity index (χ3n) is 6.52. The fourth-order valence-electron chi connectivity index (χ4n) is 4.88. The summed E-state index contributed by atoms with van der Waals surface area (Å²) in [6, 6.07) is 2.41. The lowest BCUT2D eigenvalue weighted by atomic mass is 9.76. The topological polar surface area (TPSA) is 44.6 Å². The van der Waals surface area contributed by atoms with Gasteiger partial charge in [0.25, 0.3) is 0 Å². The van der Waals surface area contributed by atoms with Crippen LogP contribution in [0.25, 0.3) is 0 Å². The maximum atomic E-state index is 13.2. The van der Waals surface area contributed by atoms with Crippen molar-refractivity contribution in [2.24, 2.45) is 5.41 Å². The van der Waals surface area contributed by atoms with Crippen molar-refractivity contribution in [3.8, 4) is 0 Å². The van der Waals surface area contributed by atoms with Crippen molar-refractivity contribution in [1.82, 2.24) is 24.5 Å². The molecule has 6 heteroatoms. The van der Waals surface area contributed by atoms with Crippen LogP contribution in [0.4, 0.5) is 0 Å². The zero-order valence-electron chi connectivity index (χ0n) is 15.6. The SMILES string of the molecule is CCCN1CC2(CCN(C)CC2)C[C@@H]1C(=O)N1CC(n2cccn2)C1. The van der Waals surface area contributed by atoms with Crippen LogP contribution in [0, 0.1) is 5.41 Å². The van der Waals surface area contributed by atoms with E-state index in [2.05, 4.69) is 28.9 Å². The van der Waals surface area contributed by atoms with Gasteiger partial charge in [-0.3, -0.25) is 14.4 Å². The van der Waals surface area contributed by atoms with E-state index in [1.165, 1.54) is 25.9 Å². The van der Waals surface area contributed by atoms with Gasteiger partial charge in [0.1, 0.15) is 0 Å². The zero-order chi connectivity index (χ0) is 17.4. The Morgan fingerprint density at radius 3 is 2.68 bits per heavy atom. The van der Waals surface area contributed by atoms with E-state index in [0.29, 0.717) is 17.4 Å². The minimum Gasteiger partial charge on any atom is -0.337 e. The van der Waals surface area contributed by atoms with Gasteiger partial charge in [-0.2, -0.15) is 5.10 Å². The van der Waals surface area contributed by atoms with Crippen molar-refractivity contribution in [2.45, 2.75) is 44.7 Å². The largest absolute Gasteiger partial charge is 0.337 e. The van der Waals surface area contributed by atoms with E-state index in [1.54, 1.807) is 0 Å². The number of hydrogen-bond acceptors (Lipinski definition) is 4. The van der Waals surface area contributed by atoms with Crippen molar-refractivity contribution in [3.63, 3.8) is 0 Å². The molecular formula is C19H31N5O. The van der Waals surface area contributed by atoms with Gasteiger partial charge in [0.2, 0.25) is 5.91 Å². The molecule has 0 aromatic carbocycles. The molecule has 1 aromatic rings. The van der Waals surface area contributed by atoms with Gasteiger partial charge in [0.15, 0.2) is 0 Å². The number of carbonyl (C=O) groups excluding carboxylic acids is 1. The maximum absolute atomic E-state index is 13.2. The summed E-state index contributed by atoms with van der Waals surface area (Å²) < 4.78 is 1.99. The monoisotopic (exact) mass is 345 g/mol. The Bertz CT molecular complexity index is 587. The first-order valence-electron chi connectivity index (χ1n) is 9.81. The second kappa shape index (κ2) is 6.72. The van der Waals surface area contributed by atoms with Crippen LogP contribution in [0.1, 0.15) is 38.6 Å². The summed E-state index contributed by atoms with van der Waals surface area (Å²) >= 11 is 0. The Morgan fingerprint density at radius 2 is 2.04 bits per heavy atom. The summed E-state index contributed by atoms with van der Waals surface area (Å²) in [5, 5.41) is 4.31. The highest BCUT2D eigenvalue weighted by molar-refractivity contribution is 5.83. The van der Waals surface area contributed by atoms with Crippen molar-refractivity contribution in [2.75, 3.05) is 46.3 Å². The molecular weight excluding hydrogens is 314 g/mol. The van der Waals surface area contributed by atoms with E-state index in [-0.39, 0.29) is 6.04 Å². The second-order valence-corrected chi connectivity index (χ2v) is 8.38. The average Bonchev–Trinajstić information content (AvgIpc) is 3.18. The van der Waals surface area contributed by atoms with Crippen LogP contribution >= 0.6 is 0 Å². The molecule has 1 amide bonds. The van der Waals surface area contributed by atoms with E-state index < -0.39 is 0 Å². The van der Waals surface area contributed by atoms with Crippen molar-refractivity contribution >= 4 is 5.91 Å². The van der Waals surface area contributed by atoms with Crippen LogP contribution in [-0.2, 0) is 4.79 Å². The fourth-order valence-corrected chi connectivity index (χ4v) is 4.88. The van der Waals surface area contributed by atoms with Gasteiger partial charge in [-0.25, -0.2) is 0 Å². The Kier molecular flexibility index (Phi) is 4.58. The molecule has 1 aromatic heterocycles. The van der Waals surface area contributed by atoms with E-state index >= 15 is 0 Å². The van der Waals surface area contributed by atoms with Gasteiger partial charge >= 0.3 is 0 Å². The molecule has 3 saturated heterocycles. The number of rotatable bonds is 4. The van der Waals surface area contributed by atoms with E-state index in [9.17, 15) is 4.79 Å². The molecule has 0 bridgehead atoms. The lowest BCUT2D eigenvalue weighted by Gasteiger charge is -2.41. The average molecular weight is 345 g/mol. The Balaban J connectivity index is 1.40.